The van der Waals surface area contributed by atoms with Crippen molar-refractivity contribution in [2.45, 2.75) is 13.0 Å². The fourth-order valence-electron chi connectivity index (χ4n) is 1.54. The van der Waals surface area contributed by atoms with Crippen molar-refractivity contribution in [3.63, 3.8) is 0 Å². The van der Waals surface area contributed by atoms with Gasteiger partial charge in [-0.2, -0.15) is 0 Å². The van der Waals surface area contributed by atoms with Crippen molar-refractivity contribution >= 4 is 23.2 Å². The second kappa shape index (κ2) is 7.20. The maximum Gasteiger partial charge on any atom is 0.293 e. The predicted molar refractivity (Wildman–Crippen MR) is 74.8 cm³/mol. The van der Waals surface area contributed by atoms with Crippen LogP contribution in [-0.2, 0) is 4.79 Å². The molecule has 0 aliphatic heterocycles. The lowest BCUT2D eigenvalue weighted by Gasteiger charge is -2.11. The van der Waals surface area contributed by atoms with Gasteiger partial charge >= 0.3 is 0 Å². The number of benzene rings is 1. The summed E-state index contributed by atoms with van der Waals surface area (Å²) in [5.74, 6) is -1.37. The smallest absolute Gasteiger partial charge is 0.293 e. The van der Waals surface area contributed by atoms with E-state index in [0.717, 1.165) is 6.07 Å². The first-order valence-electron chi connectivity index (χ1n) is 6.14. The Morgan fingerprint density at radius 1 is 1.48 bits per heavy atom. The molecule has 0 saturated carbocycles. The first-order valence-corrected chi connectivity index (χ1v) is 6.14. The summed E-state index contributed by atoms with van der Waals surface area (Å²) in [5.41, 5.74) is 4.76. The van der Waals surface area contributed by atoms with Crippen LogP contribution in [0.5, 0.6) is 0 Å². The number of carbonyl (C=O) groups is 2. The highest BCUT2D eigenvalue weighted by Gasteiger charge is 2.19. The molecule has 1 rings (SSSR count). The largest absolute Gasteiger partial charge is 0.381 e. The van der Waals surface area contributed by atoms with Crippen LogP contribution < -0.4 is 16.4 Å². The molecule has 0 bridgehead atoms. The Kier molecular flexibility index (Phi) is 5.61. The Morgan fingerprint density at radius 2 is 2.14 bits per heavy atom. The zero-order valence-corrected chi connectivity index (χ0v) is 11.3. The van der Waals surface area contributed by atoms with E-state index in [4.69, 9.17) is 5.73 Å². The zero-order valence-electron chi connectivity index (χ0n) is 11.3. The van der Waals surface area contributed by atoms with Crippen molar-refractivity contribution in [3.05, 3.63) is 33.9 Å². The van der Waals surface area contributed by atoms with E-state index < -0.39 is 22.8 Å². The summed E-state index contributed by atoms with van der Waals surface area (Å²) < 4.78 is 0. The van der Waals surface area contributed by atoms with Gasteiger partial charge in [-0.25, -0.2) is 0 Å². The van der Waals surface area contributed by atoms with Gasteiger partial charge in [0.25, 0.3) is 11.6 Å². The molecule has 0 spiro atoms. The van der Waals surface area contributed by atoms with Crippen molar-refractivity contribution < 1.29 is 19.6 Å². The number of rotatable bonds is 7. The lowest BCUT2D eigenvalue weighted by Crippen LogP contribution is -2.34. The van der Waals surface area contributed by atoms with Crippen molar-refractivity contribution in [2.75, 3.05) is 18.4 Å². The van der Waals surface area contributed by atoms with Gasteiger partial charge in [0.1, 0.15) is 11.8 Å². The number of aliphatic hydroxyl groups is 1. The predicted octanol–water partition coefficient (Wildman–Crippen LogP) is -0.397. The quantitative estimate of drug-likeness (QED) is 0.397. The standard InChI is InChI=1S/C12H16N4O5/c1-2-14-12(19)7-3-4-8(9(5-7)16(20)21)15-6-10(17)11(13)18/h3-5,10,15,17H,2,6H2,1H3,(H2,13,18)(H,14,19). The van der Waals surface area contributed by atoms with E-state index in [2.05, 4.69) is 10.6 Å². The summed E-state index contributed by atoms with van der Waals surface area (Å²) in [6, 6.07) is 3.84. The number of aliphatic hydroxyl groups excluding tert-OH is 1. The number of nitrogens with one attached hydrogen (secondary N) is 2. The van der Waals surface area contributed by atoms with Crippen molar-refractivity contribution in [3.8, 4) is 0 Å². The van der Waals surface area contributed by atoms with Crippen LogP contribution in [0.1, 0.15) is 17.3 Å². The third-order valence-electron chi connectivity index (χ3n) is 2.61. The topological polar surface area (TPSA) is 148 Å². The minimum Gasteiger partial charge on any atom is -0.381 e. The third-order valence-corrected chi connectivity index (χ3v) is 2.61. The van der Waals surface area contributed by atoms with Gasteiger partial charge in [-0.15, -0.1) is 0 Å². The molecule has 5 N–H and O–H groups in total. The molecule has 21 heavy (non-hydrogen) atoms. The number of amides is 2. The van der Waals surface area contributed by atoms with Crippen molar-refractivity contribution in [2.24, 2.45) is 5.73 Å². The molecule has 0 aliphatic carbocycles. The first kappa shape index (κ1) is 16.4. The van der Waals surface area contributed by atoms with Gasteiger partial charge in [0.2, 0.25) is 5.91 Å². The Hall–Kier alpha value is -2.68. The summed E-state index contributed by atoms with van der Waals surface area (Å²) >= 11 is 0. The number of nitro benzene ring substituents is 1. The van der Waals surface area contributed by atoms with Crippen LogP contribution >= 0.6 is 0 Å². The van der Waals surface area contributed by atoms with E-state index in [1.807, 2.05) is 0 Å². The first-order chi connectivity index (χ1) is 9.86. The molecule has 0 saturated heterocycles. The molecule has 0 aliphatic rings. The van der Waals surface area contributed by atoms with Crippen LogP contribution in [0.4, 0.5) is 11.4 Å². The highest BCUT2D eigenvalue weighted by Crippen LogP contribution is 2.25. The lowest BCUT2D eigenvalue weighted by molar-refractivity contribution is -0.384. The Labute approximate surface area is 120 Å². The molecule has 1 atom stereocenters. The maximum absolute atomic E-state index is 11.6. The monoisotopic (exact) mass is 296 g/mol. The molecule has 9 heteroatoms. The molecule has 0 aromatic heterocycles. The summed E-state index contributed by atoms with van der Waals surface area (Å²) in [6.07, 6.45) is -1.47. The van der Waals surface area contributed by atoms with Crippen LogP contribution in [0.15, 0.2) is 18.2 Å². The van der Waals surface area contributed by atoms with Crippen LogP contribution in [-0.4, -0.2) is 41.0 Å². The molecule has 0 fully saturated rings. The molecule has 1 aromatic rings. The molecule has 2 amide bonds. The van der Waals surface area contributed by atoms with Crippen LogP contribution in [0.3, 0.4) is 0 Å². The summed E-state index contributed by atoms with van der Waals surface area (Å²) in [5, 5.41) is 25.4. The van der Waals surface area contributed by atoms with E-state index in [1.54, 1.807) is 6.92 Å². The highest BCUT2D eigenvalue weighted by atomic mass is 16.6. The lowest BCUT2D eigenvalue weighted by atomic mass is 10.1. The van der Waals surface area contributed by atoms with E-state index in [9.17, 15) is 24.8 Å². The van der Waals surface area contributed by atoms with Gasteiger partial charge in [-0.3, -0.25) is 19.7 Å². The van der Waals surface area contributed by atoms with Crippen LogP contribution in [0.25, 0.3) is 0 Å². The van der Waals surface area contributed by atoms with Crippen molar-refractivity contribution in [1.82, 2.24) is 5.32 Å². The van der Waals surface area contributed by atoms with Gasteiger partial charge in [-0.1, -0.05) is 0 Å². The minimum atomic E-state index is -1.47. The number of nitrogens with zero attached hydrogens (tertiary/aromatic N) is 1. The zero-order chi connectivity index (χ0) is 16.0. The normalized spacial score (nSPS) is 11.5. The van der Waals surface area contributed by atoms with Crippen LogP contribution in [0, 0.1) is 10.1 Å². The van der Waals surface area contributed by atoms with Gasteiger partial charge in [0, 0.05) is 18.2 Å². The van der Waals surface area contributed by atoms with E-state index in [1.165, 1.54) is 12.1 Å². The number of hydrogen-bond acceptors (Lipinski definition) is 6. The van der Waals surface area contributed by atoms with Crippen molar-refractivity contribution in [1.29, 1.82) is 0 Å². The average molecular weight is 296 g/mol. The van der Waals surface area contributed by atoms with Gasteiger partial charge < -0.3 is 21.5 Å². The van der Waals surface area contributed by atoms with Gasteiger partial charge in [0.15, 0.2) is 0 Å². The highest BCUT2D eigenvalue weighted by molar-refractivity contribution is 5.95. The molecule has 9 nitrogen and oxygen atoms in total. The number of hydrogen-bond donors (Lipinski definition) is 4. The molecular weight excluding hydrogens is 280 g/mol. The molecule has 0 radical (unpaired) electrons. The Morgan fingerprint density at radius 3 is 2.67 bits per heavy atom. The molecule has 1 unspecified atom stereocenters. The SMILES string of the molecule is CCNC(=O)c1ccc(NCC(O)C(N)=O)c([N+](=O)[O-])c1. The van der Waals surface area contributed by atoms with Gasteiger partial charge in [0.05, 0.1) is 11.5 Å². The second-order valence-electron chi connectivity index (χ2n) is 4.15. The summed E-state index contributed by atoms with van der Waals surface area (Å²) in [4.78, 5) is 32.7. The summed E-state index contributed by atoms with van der Waals surface area (Å²) in [6.45, 7) is 1.86. The second-order valence-corrected chi connectivity index (χ2v) is 4.15. The Balaban J connectivity index is 2.97. The molecule has 114 valence electrons. The van der Waals surface area contributed by atoms with E-state index >= 15 is 0 Å². The number of nitro groups is 1. The number of anilines is 1. The van der Waals surface area contributed by atoms with E-state index in [-0.39, 0.29) is 23.5 Å². The van der Waals surface area contributed by atoms with Crippen LogP contribution in [0.2, 0.25) is 0 Å². The molecule has 0 heterocycles. The van der Waals surface area contributed by atoms with E-state index in [0.29, 0.717) is 6.54 Å². The maximum atomic E-state index is 11.6. The fraction of sp³-hybridized carbons (Fsp3) is 0.333. The molecule has 1 aromatic carbocycles. The minimum absolute atomic E-state index is 0.0772. The number of primary amides is 1. The van der Waals surface area contributed by atoms with Gasteiger partial charge in [-0.05, 0) is 19.1 Å². The third kappa shape index (κ3) is 4.42. The summed E-state index contributed by atoms with van der Waals surface area (Å²) in [7, 11) is 0. The number of carbonyl (C=O) groups excluding carboxylic acids is 2. The Bertz CT molecular complexity index is 561. The number of nitrogens with two attached hydrogens (primary N) is 1. The molecular formula is C12H16N4O5. The fourth-order valence-corrected chi connectivity index (χ4v) is 1.54. The average Bonchev–Trinajstić information content (AvgIpc) is 2.44.